The molecular formula is C76H71N7O. The van der Waals surface area contributed by atoms with Gasteiger partial charge in [0.05, 0.1) is 16.6 Å². The van der Waals surface area contributed by atoms with E-state index in [0.29, 0.717) is 30.5 Å². The first-order chi connectivity index (χ1) is 41.2. The normalized spacial score (nSPS) is 13.0. The Morgan fingerprint density at radius 2 is 0.762 bits per heavy atom. The number of rotatable bonds is 17. The molecule has 0 saturated carbocycles. The van der Waals surface area contributed by atoms with Crippen LogP contribution < -0.4 is 0 Å². The molecule has 9 aromatic carbocycles. The third-order valence-electron chi connectivity index (χ3n) is 16.1. The largest absolute Gasteiger partial charge is 0.316 e. The molecule has 5 atom stereocenters. The van der Waals surface area contributed by atoms with E-state index in [1.807, 2.05) is 24.3 Å². The van der Waals surface area contributed by atoms with Gasteiger partial charge in [0, 0.05) is 82.4 Å². The van der Waals surface area contributed by atoms with E-state index in [1.54, 1.807) is 6.92 Å². The smallest absolute Gasteiger partial charge is 0.175 e. The highest BCUT2D eigenvalue weighted by molar-refractivity contribution is 5.89. The van der Waals surface area contributed by atoms with Gasteiger partial charge in [-0.05, 0) is 120 Å². The molecule has 0 radical (unpaired) electrons. The molecule has 13 rings (SSSR count). The van der Waals surface area contributed by atoms with Crippen molar-refractivity contribution in [3.63, 3.8) is 0 Å². The highest BCUT2D eigenvalue weighted by atomic mass is 16.1. The summed E-state index contributed by atoms with van der Waals surface area (Å²) in [6.07, 6.45) is 9.12. The average Bonchev–Trinajstić information content (AvgIpc) is 2.78. The molecule has 84 heavy (non-hydrogen) atoms. The van der Waals surface area contributed by atoms with Crippen LogP contribution in [0.3, 0.4) is 0 Å². The average molecular weight is 1100 g/mol. The third-order valence-corrected chi connectivity index (χ3v) is 16.1. The standard InChI is InChI=1S/C27H27N.C26H25NO.C23H19N5/c1-20(2)18-21(3)27(22-12-6-4-7-13-22)25-19-28(23-14-8-5-9-15-23)26-17-11-10-16-24(25)26;1-19(17-20(2)28)26(21-11-5-3-6-12-21)24-18-27(22-13-7-4-8-14-22)25-16-10-9-15-23(24)25;1-3-9-17(10-4-1)20(15-23-24-26-27-25-23)21-16-28(18-11-5-2-6-12-18)22-14-8-7-13-19(21)22/h4-17,19,21,27H,1,18H2,2-3H3;3-16,18-19,26H,17H2,1-2H3;1-14,16,20H,15H2,(H,24,25,26,27)/t21-,27-;19-,26?;/m01./s1. The number of ketones is 1. The monoisotopic (exact) mass is 1100 g/mol. The van der Waals surface area contributed by atoms with Gasteiger partial charge in [-0.3, -0.25) is 0 Å². The SMILES string of the molecule is C=C(C)C[C@H](C)[C@@H](c1ccccc1)c1cn(-c2ccccc2)c2ccccc12.CC(=O)C[C@@H](C)C(c1ccccc1)c1cn(-c2ccccc2)c2ccccc12.c1ccc(C(Cc2nn[nH]n2)c2cn(-c3ccccc3)c3ccccc23)cc1. The predicted octanol–water partition coefficient (Wildman–Crippen LogP) is 18.3. The number of hydrogen-bond donors (Lipinski definition) is 1. The van der Waals surface area contributed by atoms with E-state index >= 15 is 0 Å². The Labute approximate surface area is 493 Å². The van der Waals surface area contributed by atoms with E-state index in [1.165, 1.54) is 77.3 Å². The molecule has 0 saturated heterocycles. The molecule has 8 heteroatoms. The first-order valence-corrected chi connectivity index (χ1v) is 29.2. The molecule has 416 valence electrons. The van der Waals surface area contributed by atoms with Crippen LogP contribution in [0.15, 0.2) is 286 Å². The van der Waals surface area contributed by atoms with Crippen molar-refractivity contribution in [3.8, 4) is 17.1 Å². The Morgan fingerprint density at radius 1 is 0.429 bits per heavy atom. The maximum Gasteiger partial charge on any atom is 0.175 e. The fourth-order valence-corrected chi connectivity index (χ4v) is 12.5. The molecule has 0 aliphatic heterocycles. The van der Waals surface area contributed by atoms with Crippen molar-refractivity contribution in [2.75, 3.05) is 0 Å². The summed E-state index contributed by atoms with van der Waals surface area (Å²) in [4.78, 5) is 11.9. The highest BCUT2D eigenvalue weighted by Gasteiger charge is 2.28. The lowest BCUT2D eigenvalue weighted by molar-refractivity contribution is -0.117. The summed E-state index contributed by atoms with van der Waals surface area (Å²) in [5.74, 6) is 2.26. The van der Waals surface area contributed by atoms with Gasteiger partial charge >= 0.3 is 0 Å². The zero-order valence-corrected chi connectivity index (χ0v) is 48.3. The Kier molecular flexibility index (Phi) is 17.5. The number of fused-ring (bicyclic) bond motifs is 3. The number of Topliss-reactive ketones (excluding diaryl/α,β-unsaturated/α-hetero) is 1. The van der Waals surface area contributed by atoms with Gasteiger partial charge < -0.3 is 18.5 Å². The molecule has 13 aromatic rings. The minimum absolute atomic E-state index is 0.133. The van der Waals surface area contributed by atoms with Crippen molar-refractivity contribution in [2.45, 2.75) is 64.7 Å². The summed E-state index contributed by atoms with van der Waals surface area (Å²) in [5.41, 5.74) is 16.2. The number of carbonyl (C=O) groups excluding carboxylic acids is 1. The van der Waals surface area contributed by atoms with Gasteiger partial charge in [0.25, 0.3) is 0 Å². The molecule has 2 unspecified atom stereocenters. The first kappa shape index (κ1) is 56.0. The van der Waals surface area contributed by atoms with Crippen LogP contribution in [-0.2, 0) is 11.2 Å². The van der Waals surface area contributed by atoms with Crippen LogP contribution in [-0.4, -0.2) is 40.1 Å². The molecular weight excluding hydrogens is 1030 g/mol. The van der Waals surface area contributed by atoms with Crippen LogP contribution in [0.1, 0.15) is 97.5 Å². The number of nitrogens with one attached hydrogen (secondary N) is 1. The fourth-order valence-electron chi connectivity index (χ4n) is 12.5. The number of aromatic amines is 1. The van der Waals surface area contributed by atoms with E-state index in [9.17, 15) is 4.79 Å². The molecule has 4 heterocycles. The highest BCUT2D eigenvalue weighted by Crippen LogP contribution is 2.42. The van der Waals surface area contributed by atoms with Crippen LogP contribution in [0.5, 0.6) is 0 Å². The maximum absolute atomic E-state index is 11.9. The number of allylic oxidation sites excluding steroid dienone is 1. The lowest BCUT2D eigenvalue weighted by Crippen LogP contribution is -2.14. The third kappa shape index (κ3) is 12.6. The number of hydrogen-bond acceptors (Lipinski definition) is 4. The molecule has 0 aliphatic rings. The Bertz CT molecular complexity index is 4030. The van der Waals surface area contributed by atoms with Gasteiger partial charge in [-0.2, -0.15) is 5.21 Å². The van der Waals surface area contributed by atoms with E-state index in [2.05, 4.69) is 311 Å². The second kappa shape index (κ2) is 26.3. The molecule has 0 bridgehead atoms. The van der Waals surface area contributed by atoms with Crippen LogP contribution in [0.25, 0.3) is 49.8 Å². The second-order valence-corrected chi connectivity index (χ2v) is 22.2. The van der Waals surface area contributed by atoms with Gasteiger partial charge in [-0.1, -0.05) is 225 Å². The van der Waals surface area contributed by atoms with E-state index in [-0.39, 0.29) is 23.5 Å². The van der Waals surface area contributed by atoms with Crippen molar-refractivity contribution < 1.29 is 4.79 Å². The summed E-state index contributed by atoms with van der Waals surface area (Å²) in [6.45, 7) is 12.5. The lowest BCUT2D eigenvalue weighted by atomic mass is 9.79. The number of H-pyrrole nitrogens is 1. The molecule has 4 aromatic heterocycles. The van der Waals surface area contributed by atoms with Crippen molar-refractivity contribution >= 4 is 38.5 Å². The topological polar surface area (TPSA) is 86.3 Å². The quantitative estimate of drug-likeness (QED) is 0.0921. The van der Waals surface area contributed by atoms with Crippen LogP contribution in [0, 0.1) is 11.8 Å². The second-order valence-electron chi connectivity index (χ2n) is 22.2. The van der Waals surface area contributed by atoms with E-state index in [4.69, 9.17) is 0 Å². The number of para-hydroxylation sites is 6. The zero-order valence-electron chi connectivity index (χ0n) is 48.3. The Hall–Kier alpha value is -9.92. The number of carbonyl (C=O) groups is 1. The van der Waals surface area contributed by atoms with Crippen LogP contribution >= 0.6 is 0 Å². The summed E-state index contributed by atoms with van der Waals surface area (Å²) >= 11 is 0. The molecule has 1 N–H and O–H groups in total. The van der Waals surface area contributed by atoms with Gasteiger partial charge in [0.2, 0.25) is 0 Å². The maximum atomic E-state index is 11.9. The zero-order chi connectivity index (χ0) is 57.8. The van der Waals surface area contributed by atoms with Crippen molar-refractivity contribution in [1.82, 2.24) is 34.3 Å². The van der Waals surface area contributed by atoms with Gasteiger partial charge in [-0.25, -0.2) is 0 Å². The number of nitrogens with zero attached hydrogens (tertiary/aromatic N) is 6. The van der Waals surface area contributed by atoms with Crippen LogP contribution in [0.4, 0.5) is 0 Å². The fraction of sp³-hybridized carbons (Fsp3) is 0.158. The number of benzene rings is 9. The van der Waals surface area contributed by atoms with Crippen molar-refractivity contribution in [1.29, 1.82) is 0 Å². The molecule has 8 nitrogen and oxygen atoms in total. The van der Waals surface area contributed by atoms with E-state index in [0.717, 1.165) is 17.8 Å². The summed E-state index contributed by atoms with van der Waals surface area (Å²) in [6, 6.07) is 89.3. The molecule has 0 fully saturated rings. The number of tetrazole rings is 1. The Morgan fingerprint density at radius 3 is 1.13 bits per heavy atom. The van der Waals surface area contributed by atoms with Gasteiger partial charge in [0.15, 0.2) is 5.82 Å². The van der Waals surface area contributed by atoms with E-state index < -0.39 is 0 Å². The molecule has 0 aliphatic carbocycles. The van der Waals surface area contributed by atoms with Gasteiger partial charge in [-0.15, -0.1) is 16.8 Å². The summed E-state index contributed by atoms with van der Waals surface area (Å²) in [5, 5.41) is 18.5. The Balaban J connectivity index is 0.000000131. The predicted molar refractivity (Wildman–Crippen MR) is 346 cm³/mol. The summed E-state index contributed by atoms with van der Waals surface area (Å²) < 4.78 is 6.85. The number of aromatic nitrogens is 7. The van der Waals surface area contributed by atoms with Crippen LogP contribution in [0.2, 0.25) is 0 Å². The minimum Gasteiger partial charge on any atom is -0.316 e. The van der Waals surface area contributed by atoms with Crippen molar-refractivity contribution in [3.05, 3.63) is 325 Å². The molecule has 0 spiro atoms. The molecule has 0 amide bonds. The minimum atomic E-state index is 0.133. The first-order valence-electron chi connectivity index (χ1n) is 29.2. The summed E-state index contributed by atoms with van der Waals surface area (Å²) in [7, 11) is 0. The van der Waals surface area contributed by atoms with Gasteiger partial charge in [0.1, 0.15) is 5.78 Å². The lowest BCUT2D eigenvalue weighted by Gasteiger charge is -2.25. The van der Waals surface area contributed by atoms with Crippen molar-refractivity contribution in [2.24, 2.45) is 11.8 Å².